The van der Waals surface area contributed by atoms with Gasteiger partial charge in [0.1, 0.15) is 11.6 Å². The molecular formula is C17H24N4O. The van der Waals surface area contributed by atoms with Crippen molar-refractivity contribution in [3.05, 3.63) is 35.8 Å². The number of hydrogen-bond acceptors (Lipinski definition) is 4. The van der Waals surface area contributed by atoms with E-state index in [9.17, 15) is 0 Å². The second kappa shape index (κ2) is 6.01. The van der Waals surface area contributed by atoms with Gasteiger partial charge >= 0.3 is 0 Å². The van der Waals surface area contributed by atoms with Gasteiger partial charge in [0.2, 0.25) is 0 Å². The first-order valence-electron chi connectivity index (χ1n) is 7.73. The van der Waals surface area contributed by atoms with Crippen LogP contribution >= 0.6 is 0 Å². The molecule has 5 nitrogen and oxygen atoms in total. The number of rotatable bonds is 3. The third-order valence-corrected chi connectivity index (χ3v) is 4.40. The molecule has 3 rings (SSSR count). The summed E-state index contributed by atoms with van der Waals surface area (Å²) in [6.07, 6.45) is 1.94. The standard InChI is InChI=1S/C17H24N4O/c1-13-5-6-14(2)21(13)17-11-16(22-4)15(12-18-17)20-9-7-19(3)8-10-20/h5-6,11-12H,7-10H2,1-4H3. The summed E-state index contributed by atoms with van der Waals surface area (Å²) in [6.45, 7) is 8.34. The monoisotopic (exact) mass is 300 g/mol. The molecule has 22 heavy (non-hydrogen) atoms. The van der Waals surface area contributed by atoms with E-state index in [4.69, 9.17) is 4.74 Å². The van der Waals surface area contributed by atoms with E-state index in [1.165, 1.54) is 11.4 Å². The molecule has 2 aromatic heterocycles. The molecule has 1 fully saturated rings. The second-order valence-electron chi connectivity index (χ2n) is 5.96. The fraction of sp³-hybridized carbons (Fsp3) is 0.471. The van der Waals surface area contributed by atoms with Crippen molar-refractivity contribution in [3.8, 4) is 11.6 Å². The minimum atomic E-state index is 0.891. The van der Waals surface area contributed by atoms with Crippen LogP contribution in [0.2, 0.25) is 0 Å². The van der Waals surface area contributed by atoms with E-state index >= 15 is 0 Å². The number of aromatic nitrogens is 2. The zero-order chi connectivity index (χ0) is 15.7. The van der Waals surface area contributed by atoms with Gasteiger partial charge in [-0.05, 0) is 33.0 Å². The molecule has 0 N–H and O–H groups in total. The Hall–Kier alpha value is -2.01. The Bertz CT molecular complexity index is 637. The van der Waals surface area contributed by atoms with Crippen LogP contribution in [0.4, 0.5) is 5.69 Å². The summed E-state index contributed by atoms with van der Waals surface area (Å²) in [5.74, 6) is 1.80. The van der Waals surface area contributed by atoms with Gasteiger partial charge in [0.25, 0.3) is 0 Å². The van der Waals surface area contributed by atoms with E-state index in [2.05, 4.69) is 52.4 Å². The maximum absolute atomic E-state index is 5.64. The van der Waals surface area contributed by atoms with Gasteiger partial charge in [0, 0.05) is 43.6 Å². The Kier molecular flexibility index (Phi) is 4.07. The highest BCUT2D eigenvalue weighted by Gasteiger charge is 2.19. The molecule has 0 atom stereocenters. The van der Waals surface area contributed by atoms with E-state index in [0.717, 1.165) is 43.4 Å². The number of nitrogens with zero attached hydrogens (tertiary/aromatic N) is 4. The van der Waals surface area contributed by atoms with E-state index < -0.39 is 0 Å². The van der Waals surface area contributed by atoms with Crippen LogP contribution in [0.5, 0.6) is 5.75 Å². The van der Waals surface area contributed by atoms with Crippen molar-refractivity contribution in [2.24, 2.45) is 0 Å². The molecule has 0 aromatic carbocycles. The van der Waals surface area contributed by atoms with Crippen molar-refractivity contribution in [3.63, 3.8) is 0 Å². The lowest BCUT2D eigenvalue weighted by Crippen LogP contribution is -2.44. The Morgan fingerprint density at radius 3 is 2.27 bits per heavy atom. The highest BCUT2D eigenvalue weighted by atomic mass is 16.5. The van der Waals surface area contributed by atoms with Gasteiger partial charge < -0.3 is 19.1 Å². The first-order chi connectivity index (χ1) is 10.6. The molecule has 118 valence electrons. The molecule has 1 saturated heterocycles. The van der Waals surface area contributed by atoms with Crippen molar-refractivity contribution in [1.82, 2.24) is 14.5 Å². The smallest absolute Gasteiger partial charge is 0.147 e. The summed E-state index contributed by atoms with van der Waals surface area (Å²) in [5, 5.41) is 0. The van der Waals surface area contributed by atoms with Crippen LogP contribution in [0, 0.1) is 13.8 Å². The Labute approximate surface area is 132 Å². The zero-order valence-corrected chi connectivity index (χ0v) is 13.8. The van der Waals surface area contributed by atoms with Crippen molar-refractivity contribution < 1.29 is 4.74 Å². The fourth-order valence-corrected chi connectivity index (χ4v) is 3.02. The lowest BCUT2D eigenvalue weighted by Gasteiger charge is -2.34. The predicted molar refractivity (Wildman–Crippen MR) is 89.3 cm³/mol. The number of pyridine rings is 1. The fourth-order valence-electron chi connectivity index (χ4n) is 3.02. The maximum Gasteiger partial charge on any atom is 0.147 e. The third kappa shape index (κ3) is 2.68. The van der Waals surface area contributed by atoms with Gasteiger partial charge in [-0.2, -0.15) is 0 Å². The van der Waals surface area contributed by atoms with Gasteiger partial charge in [-0.3, -0.25) is 0 Å². The van der Waals surface area contributed by atoms with Crippen LogP contribution in [-0.4, -0.2) is 54.8 Å². The van der Waals surface area contributed by atoms with E-state index in [1.54, 1.807) is 7.11 Å². The van der Waals surface area contributed by atoms with Gasteiger partial charge in [-0.25, -0.2) is 4.98 Å². The minimum Gasteiger partial charge on any atom is -0.494 e. The van der Waals surface area contributed by atoms with Crippen LogP contribution in [-0.2, 0) is 0 Å². The molecule has 0 radical (unpaired) electrons. The lowest BCUT2D eigenvalue weighted by atomic mass is 10.2. The molecule has 0 unspecified atom stereocenters. The molecule has 0 saturated carbocycles. The van der Waals surface area contributed by atoms with Gasteiger partial charge in [-0.1, -0.05) is 0 Å². The molecule has 0 bridgehead atoms. The van der Waals surface area contributed by atoms with Crippen molar-refractivity contribution in [2.45, 2.75) is 13.8 Å². The average Bonchev–Trinajstić information content (AvgIpc) is 2.86. The van der Waals surface area contributed by atoms with Crippen molar-refractivity contribution >= 4 is 5.69 Å². The number of hydrogen-bond donors (Lipinski definition) is 0. The molecule has 0 amide bonds. The summed E-state index contributed by atoms with van der Waals surface area (Å²) < 4.78 is 7.78. The van der Waals surface area contributed by atoms with E-state index in [0.29, 0.717) is 0 Å². The number of aryl methyl sites for hydroxylation is 2. The van der Waals surface area contributed by atoms with E-state index in [-0.39, 0.29) is 0 Å². The first-order valence-corrected chi connectivity index (χ1v) is 7.73. The molecule has 1 aliphatic rings. The zero-order valence-electron chi connectivity index (χ0n) is 13.8. The van der Waals surface area contributed by atoms with Crippen molar-refractivity contribution in [1.29, 1.82) is 0 Å². The third-order valence-electron chi connectivity index (χ3n) is 4.40. The number of likely N-dealkylation sites (N-methyl/N-ethyl adjacent to an activating group) is 1. The summed E-state index contributed by atoms with van der Waals surface area (Å²) in [5.41, 5.74) is 3.45. The molecule has 3 heterocycles. The second-order valence-corrected chi connectivity index (χ2v) is 5.96. The SMILES string of the molecule is COc1cc(-n2c(C)ccc2C)ncc1N1CCN(C)CC1. The summed E-state index contributed by atoms with van der Waals surface area (Å²) in [4.78, 5) is 9.37. The first kappa shape index (κ1) is 14.9. The largest absolute Gasteiger partial charge is 0.494 e. The highest BCUT2D eigenvalue weighted by Crippen LogP contribution is 2.30. The topological polar surface area (TPSA) is 33.5 Å². The Morgan fingerprint density at radius 2 is 1.68 bits per heavy atom. The quantitative estimate of drug-likeness (QED) is 0.870. The number of ether oxygens (including phenoxy) is 1. The molecule has 0 spiro atoms. The summed E-state index contributed by atoms with van der Waals surface area (Å²) in [7, 11) is 3.89. The summed E-state index contributed by atoms with van der Waals surface area (Å²) in [6, 6.07) is 6.25. The summed E-state index contributed by atoms with van der Waals surface area (Å²) >= 11 is 0. The van der Waals surface area contributed by atoms with Crippen LogP contribution in [0.15, 0.2) is 24.4 Å². The number of anilines is 1. The van der Waals surface area contributed by atoms with Gasteiger partial charge in [0.05, 0.1) is 19.0 Å². The normalized spacial score (nSPS) is 16.1. The molecule has 5 heteroatoms. The highest BCUT2D eigenvalue weighted by molar-refractivity contribution is 5.60. The molecule has 0 aliphatic carbocycles. The van der Waals surface area contributed by atoms with Crippen LogP contribution in [0.1, 0.15) is 11.4 Å². The van der Waals surface area contributed by atoms with Crippen molar-refractivity contribution in [2.75, 3.05) is 45.2 Å². The van der Waals surface area contributed by atoms with E-state index in [1.807, 2.05) is 12.3 Å². The number of methoxy groups -OCH3 is 1. The number of piperazine rings is 1. The molecular weight excluding hydrogens is 276 g/mol. The van der Waals surface area contributed by atoms with Crippen LogP contribution < -0.4 is 9.64 Å². The lowest BCUT2D eigenvalue weighted by molar-refractivity contribution is 0.311. The van der Waals surface area contributed by atoms with Gasteiger partial charge in [0.15, 0.2) is 0 Å². The minimum absolute atomic E-state index is 0.891. The maximum atomic E-state index is 5.64. The van der Waals surface area contributed by atoms with Crippen LogP contribution in [0.25, 0.3) is 5.82 Å². The molecule has 2 aromatic rings. The Balaban J connectivity index is 1.94. The predicted octanol–water partition coefficient (Wildman–Crippen LogP) is 2.25. The average molecular weight is 300 g/mol. The Morgan fingerprint density at radius 1 is 1.05 bits per heavy atom. The molecule has 1 aliphatic heterocycles. The van der Waals surface area contributed by atoms with Crippen LogP contribution in [0.3, 0.4) is 0 Å². The van der Waals surface area contributed by atoms with Gasteiger partial charge in [-0.15, -0.1) is 0 Å².